The van der Waals surface area contributed by atoms with Gasteiger partial charge in [0.25, 0.3) is 11.8 Å². The van der Waals surface area contributed by atoms with Crippen LogP contribution in [-0.4, -0.2) is 58.1 Å². The highest BCUT2D eigenvalue weighted by molar-refractivity contribution is 7.09. The standard InChI is InChI=1S/C29H36N6O5S/c1-17(2)24-29-32-22(16-41-29)26(38)30-12-14-35(19(4)36)13-8-11-23(37)31-21(15-20-9-6-5-7-10-20)28-34-25(18(3)40-28)27(39)33-24/h5-7,9-10,16-17,21,24H,8,11-15H2,1-4H3,(H,30,38)(H,31,37)(H,33,39)/t21-,24-/m0/s1. The second-order valence-corrected chi connectivity index (χ2v) is 11.3. The molecule has 12 heteroatoms. The monoisotopic (exact) mass is 580 g/mol. The van der Waals surface area contributed by atoms with E-state index in [1.165, 1.54) is 18.3 Å². The minimum atomic E-state index is -0.600. The van der Waals surface area contributed by atoms with Gasteiger partial charge in [-0.05, 0) is 24.8 Å². The highest BCUT2D eigenvalue weighted by Crippen LogP contribution is 2.27. The number of nitrogens with zero attached hydrogens (tertiary/aromatic N) is 3. The number of carbonyl (C=O) groups excluding carboxylic acids is 4. The SMILES string of the molecule is CC(=O)N1CCCC(=O)N[C@@H](Cc2ccccc2)c2nc(c(C)o2)C(=O)N[C@@H](C(C)C)c2nc(cs2)C(=O)NCC1. The third-order valence-electron chi connectivity index (χ3n) is 6.86. The lowest BCUT2D eigenvalue weighted by molar-refractivity contribution is -0.129. The molecule has 1 aliphatic heterocycles. The molecule has 218 valence electrons. The second-order valence-electron chi connectivity index (χ2n) is 10.4. The van der Waals surface area contributed by atoms with Gasteiger partial charge in [-0.25, -0.2) is 9.97 Å². The number of amides is 4. The summed E-state index contributed by atoms with van der Waals surface area (Å²) in [5.41, 5.74) is 1.34. The number of aryl methyl sites for hydroxylation is 1. The number of carbonyl (C=O) groups is 4. The molecule has 0 fully saturated rings. The van der Waals surface area contributed by atoms with Gasteiger partial charge in [0.15, 0.2) is 5.69 Å². The first-order valence-corrected chi connectivity index (χ1v) is 14.6. The lowest BCUT2D eigenvalue weighted by Gasteiger charge is -2.21. The van der Waals surface area contributed by atoms with Crippen molar-refractivity contribution in [3.8, 4) is 0 Å². The Hall–Kier alpha value is -4.06. The van der Waals surface area contributed by atoms with Gasteiger partial charge < -0.3 is 25.3 Å². The van der Waals surface area contributed by atoms with Crippen LogP contribution in [0.25, 0.3) is 0 Å². The lowest BCUT2D eigenvalue weighted by Crippen LogP contribution is -2.38. The summed E-state index contributed by atoms with van der Waals surface area (Å²) < 4.78 is 5.95. The van der Waals surface area contributed by atoms with Gasteiger partial charge in [-0.1, -0.05) is 44.2 Å². The summed E-state index contributed by atoms with van der Waals surface area (Å²) in [5, 5.41) is 11.1. The quantitative estimate of drug-likeness (QED) is 0.431. The summed E-state index contributed by atoms with van der Waals surface area (Å²) in [4.78, 5) is 61.9. The minimum absolute atomic E-state index is 0.0280. The molecule has 0 unspecified atom stereocenters. The summed E-state index contributed by atoms with van der Waals surface area (Å²) in [5.74, 6) is -0.621. The number of rotatable bonds is 3. The van der Waals surface area contributed by atoms with Gasteiger partial charge in [0.05, 0.1) is 6.04 Å². The molecule has 11 nitrogen and oxygen atoms in total. The van der Waals surface area contributed by atoms with Crippen molar-refractivity contribution in [2.24, 2.45) is 5.92 Å². The van der Waals surface area contributed by atoms with Gasteiger partial charge in [0, 0.05) is 44.8 Å². The first-order chi connectivity index (χ1) is 19.6. The van der Waals surface area contributed by atoms with E-state index in [0.717, 1.165) is 5.56 Å². The topological polar surface area (TPSA) is 147 Å². The fraction of sp³-hybridized carbons (Fsp3) is 0.448. The maximum Gasteiger partial charge on any atom is 0.274 e. The molecule has 41 heavy (non-hydrogen) atoms. The molecular formula is C29H36N6O5S. The molecule has 1 aliphatic rings. The molecule has 3 heterocycles. The first kappa shape index (κ1) is 29.9. The number of oxazole rings is 1. The Bertz CT molecular complexity index is 1390. The molecule has 0 aliphatic carbocycles. The Kier molecular flexibility index (Phi) is 9.87. The molecule has 3 aromatic rings. The van der Waals surface area contributed by atoms with Gasteiger partial charge in [-0.3, -0.25) is 19.2 Å². The normalized spacial score (nSPS) is 19.3. The summed E-state index contributed by atoms with van der Waals surface area (Å²) in [6.45, 7) is 7.94. The van der Waals surface area contributed by atoms with Crippen LogP contribution in [0, 0.1) is 12.8 Å². The van der Waals surface area contributed by atoms with Crippen molar-refractivity contribution >= 4 is 35.0 Å². The van der Waals surface area contributed by atoms with E-state index < -0.39 is 18.0 Å². The third kappa shape index (κ3) is 7.78. The van der Waals surface area contributed by atoms with E-state index >= 15 is 0 Å². The van der Waals surface area contributed by atoms with E-state index in [2.05, 4.69) is 25.9 Å². The molecule has 0 saturated heterocycles. The van der Waals surface area contributed by atoms with E-state index in [-0.39, 0.29) is 53.9 Å². The number of hydrogen-bond donors (Lipinski definition) is 3. The van der Waals surface area contributed by atoms with E-state index in [9.17, 15) is 19.2 Å². The van der Waals surface area contributed by atoms with Crippen LogP contribution in [0.4, 0.5) is 0 Å². The minimum Gasteiger partial charge on any atom is -0.443 e. The molecule has 0 radical (unpaired) electrons. The number of fused-ring (bicyclic) bond motifs is 4. The molecule has 2 aromatic heterocycles. The van der Waals surface area contributed by atoms with Crippen molar-refractivity contribution in [1.82, 2.24) is 30.8 Å². The van der Waals surface area contributed by atoms with Crippen molar-refractivity contribution in [3.63, 3.8) is 0 Å². The zero-order valence-corrected chi connectivity index (χ0v) is 24.5. The summed E-state index contributed by atoms with van der Waals surface area (Å²) in [7, 11) is 0. The zero-order chi connectivity index (χ0) is 29.5. The van der Waals surface area contributed by atoms with Crippen molar-refractivity contribution < 1.29 is 23.6 Å². The van der Waals surface area contributed by atoms with Crippen LogP contribution in [0.3, 0.4) is 0 Å². The van der Waals surface area contributed by atoms with Crippen LogP contribution in [0.1, 0.15) is 88.9 Å². The lowest BCUT2D eigenvalue weighted by atomic mass is 10.0. The van der Waals surface area contributed by atoms with Gasteiger partial charge in [0.2, 0.25) is 17.7 Å². The van der Waals surface area contributed by atoms with Crippen molar-refractivity contribution in [2.45, 2.75) is 59.0 Å². The maximum absolute atomic E-state index is 13.4. The van der Waals surface area contributed by atoms with Crippen LogP contribution >= 0.6 is 11.3 Å². The number of aromatic nitrogens is 2. The van der Waals surface area contributed by atoms with E-state index in [1.807, 2.05) is 44.2 Å². The van der Waals surface area contributed by atoms with Gasteiger partial charge in [0.1, 0.15) is 22.5 Å². The predicted octanol–water partition coefficient (Wildman–Crippen LogP) is 3.34. The molecule has 3 N–H and O–H groups in total. The second kappa shape index (κ2) is 13.5. The van der Waals surface area contributed by atoms with Gasteiger partial charge >= 0.3 is 0 Å². The summed E-state index contributed by atoms with van der Waals surface area (Å²) in [6.07, 6.45) is 1.03. The molecular weight excluding hydrogens is 544 g/mol. The zero-order valence-electron chi connectivity index (χ0n) is 23.7. The van der Waals surface area contributed by atoms with E-state index in [0.29, 0.717) is 36.7 Å². The van der Waals surface area contributed by atoms with Gasteiger partial charge in [-0.15, -0.1) is 11.3 Å². The van der Waals surface area contributed by atoms with Crippen LogP contribution in [0.5, 0.6) is 0 Å². The Morgan fingerprint density at radius 2 is 1.85 bits per heavy atom. The molecule has 1 aromatic carbocycles. The highest BCUT2D eigenvalue weighted by atomic mass is 32.1. The number of thiazole rings is 1. The van der Waals surface area contributed by atoms with Crippen molar-refractivity contribution in [3.05, 3.63) is 69.3 Å². The van der Waals surface area contributed by atoms with E-state index in [1.54, 1.807) is 17.2 Å². The van der Waals surface area contributed by atoms with Crippen LogP contribution in [0.15, 0.2) is 40.1 Å². The van der Waals surface area contributed by atoms with Crippen molar-refractivity contribution in [1.29, 1.82) is 0 Å². The average Bonchev–Trinajstić information content (AvgIpc) is 3.57. The van der Waals surface area contributed by atoms with Crippen molar-refractivity contribution in [2.75, 3.05) is 19.6 Å². The fourth-order valence-corrected chi connectivity index (χ4v) is 5.62. The molecule has 4 amide bonds. The fourth-order valence-electron chi connectivity index (χ4n) is 4.60. The largest absolute Gasteiger partial charge is 0.443 e. The average molecular weight is 581 g/mol. The Morgan fingerprint density at radius 3 is 2.56 bits per heavy atom. The Morgan fingerprint density at radius 1 is 1.10 bits per heavy atom. The van der Waals surface area contributed by atoms with Crippen LogP contribution < -0.4 is 16.0 Å². The summed E-state index contributed by atoms with van der Waals surface area (Å²) in [6, 6.07) is 8.58. The highest BCUT2D eigenvalue weighted by Gasteiger charge is 2.29. The maximum atomic E-state index is 13.4. The summed E-state index contributed by atoms with van der Waals surface area (Å²) >= 11 is 1.29. The number of hydrogen-bond acceptors (Lipinski definition) is 8. The number of benzene rings is 1. The molecule has 4 bridgehead atoms. The third-order valence-corrected chi connectivity index (χ3v) is 7.79. The van der Waals surface area contributed by atoms with Crippen LogP contribution in [0.2, 0.25) is 0 Å². The van der Waals surface area contributed by atoms with Crippen LogP contribution in [-0.2, 0) is 16.0 Å². The molecule has 2 atom stereocenters. The molecule has 0 spiro atoms. The molecule has 4 rings (SSSR count). The first-order valence-electron chi connectivity index (χ1n) is 13.7. The number of nitrogens with one attached hydrogen (secondary N) is 3. The van der Waals surface area contributed by atoms with Gasteiger partial charge in [-0.2, -0.15) is 0 Å². The Labute approximate surface area is 243 Å². The predicted molar refractivity (Wildman–Crippen MR) is 153 cm³/mol. The Balaban J connectivity index is 1.66. The van der Waals surface area contributed by atoms with E-state index in [4.69, 9.17) is 4.42 Å². The smallest absolute Gasteiger partial charge is 0.274 e. The molecule has 0 saturated carbocycles.